The van der Waals surface area contributed by atoms with Crippen molar-refractivity contribution in [3.8, 4) is 0 Å². The largest absolute Gasteiger partial charge is 0.370 e. The molecule has 0 fully saturated rings. The molecule has 4 N–H and O–H groups in total. The summed E-state index contributed by atoms with van der Waals surface area (Å²) in [5.41, 5.74) is 9.25. The van der Waals surface area contributed by atoms with E-state index in [9.17, 15) is 0 Å². The first-order chi connectivity index (χ1) is 9.74. The van der Waals surface area contributed by atoms with E-state index in [1.165, 1.54) is 16.7 Å². The summed E-state index contributed by atoms with van der Waals surface area (Å²) in [6.07, 6.45) is 3.03. The summed E-state index contributed by atoms with van der Waals surface area (Å²) < 4.78 is 0. The molecule has 2 rings (SSSR count). The molecular formula is C17H21N3. The second-order valence-corrected chi connectivity index (χ2v) is 4.89. The number of benzene rings is 2. The van der Waals surface area contributed by atoms with Crippen LogP contribution in [0, 0.1) is 5.41 Å². The lowest BCUT2D eigenvalue weighted by Crippen LogP contribution is -2.31. The van der Waals surface area contributed by atoms with Crippen LogP contribution in [-0.4, -0.2) is 12.5 Å². The third-order valence-electron chi connectivity index (χ3n) is 3.30. The lowest BCUT2D eigenvalue weighted by molar-refractivity contribution is 0.852. The molecule has 0 amide bonds. The van der Waals surface area contributed by atoms with Crippen molar-refractivity contribution in [3.05, 3.63) is 71.3 Å². The number of hydrogen-bond donors (Lipinski definition) is 3. The van der Waals surface area contributed by atoms with E-state index in [-0.39, 0.29) is 5.96 Å². The van der Waals surface area contributed by atoms with Crippen LogP contribution >= 0.6 is 0 Å². The fourth-order valence-corrected chi connectivity index (χ4v) is 2.15. The second kappa shape index (κ2) is 7.34. The van der Waals surface area contributed by atoms with Crippen molar-refractivity contribution in [2.45, 2.75) is 19.3 Å². The van der Waals surface area contributed by atoms with Crippen LogP contribution in [0.15, 0.2) is 54.6 Å². The topological polar surface area (TPSA) is 61.9 Å². The Hall–Kier alpha value is -2.29. The van der Waals surface area contributed by atoms with Gasteiger partial charge in [-0.3, -0.25) is 5.41 Å². The van der Waals surface area contributed by atoms with Crippen LogP contribution in [0.2, 0.25) is 0 Å². The van der Waals surface area contributed by atoms with E-state index in [1.807, 2.05) is 6.07 Å². The van der Waals surface area contributed by atoms with E-state index < -0.39 is 0 Å². The monoisotopic (exact) mass is 267 g/mol. The average Bonchev–Trinajstić information content (AvgIpc) is 2.47. The number of hydrogen-bond acceptors (Lipinski definition) is 1. The van der Waals surface area contributed by atoms with E-state index in [0.29, 0.717) is 6.54 Å². The molecule has 0 aliphatic heterocycles. The van der Waals surface area contributed by atoms with E-state index >= 15 is 0 Å². The first-order valence-electron chi connectivity index (χ1n) is 6.93. The van der Waals surface area contributed by atoms with Gasteiger partial charge in [0, 0.05) is 6.54 Å². The summed E-state index contributed by atoms with van der Waals surface area (Å²) >= 11 is 0. The maximum Gasteiger partial charge on any atom is 0.185 e. The zero-order valence-corrected chi connectivity index (χ0v) is 11.6. The minimum Gasteiger partial charge on any atom is -0.370 e. The number of aryl methyl sites for hydroxylation is 2. The highest BCUT2D eigenvalue weighted by Gasteiger charge is 1.97. The Morgan fingerprint density at radius 2 is 1.30 bits per heavy atom. The normalized spacial score (nSPS) is 10.2. The molecular weight excluding hydrogens is 246 g/mol. The van der Waals surface area contributed by atoms with Crippen molar-refractivity contribution in [2.24, 2.45) is 5.73 Å². The quantitative estimate of drug-likeness (QED) is 0.556. The first kappa shape index (κ1) is 14.1. The summed E-state index contributed by atoms with van der Waals surface area (Å²) in [6.45, 7) is 0.707. The predicted molar refractivity (Wildman–Crippen MR) is 83.9 cm³/mol. The molecule has 0 bridgehead atoms. The van der Waals surface area contributed by atoms with Gasteiger partial charge in [0.05, 0.1) is 0 Å². The highest BCUT2D eigenvalue weighted by atomic mass is 15.0. The number of nitrogens with one attached hydrogen (secondary N) is 2. The highest BCUT2D eigenvalue weighted by molar-refractivity contribution is 5.74. The molecule has 2 aromatic rings. The van der Waals surface area contributed by atoms with Gasteiger partial charge in [-0.1, -0.05) is 54.6 Å². The van der Waals surface area contributed by atoms with Crippen LogP contribution in [-0.2, 0) is 19.3 Å². The highest BCUT2D eigenvalue weighted by Crippen LogP contribution is 2.09. The fourth-order valence-electron chi connectivity index (χ4n) is 2.15. The van der Waals surface area contributed by atoms with Gasteiger partial charge in [0.25, 0.3) is 0 Å². The zero-order valence-electron chi connectivity index (χ0n) is 11.6. The van der Waals surface area contributed by atoms with Crippen LogP contribution in [0.1, 0.15) is 16.7 Å². The van der Waals surface area contributed by atoms with Gasteiger partial charge in [-0.05, 0) is 36.0 Å². The molecule has 20 heavy (non-hydrogen) atoms. The van der Waals surface area contributed by atoms with Crippen LogP contribution < -0.4 is 11.1 Å². The minimum atomic E-state index is 0.0319. The van der Waals surface area contributed by atoms with Crippen molar-refractivity contribution in [2.75, 3.05) is 6.54 Å². The van der Waals surface area contributed by atoms with Gasteiger partial charge < -0.3 is 11.1 Å². The molecule has 0 aromatic heterocycles. The van der Waals surface area contributed by atoms with Crippen LogP contribution in [0.5, 0.6) is 0 Å². The van der Waals surface area contributed by atoms with Crippen molar-refractivity contribution in [1.29, 1.82) is 5.41 Å². The molecule has 0 saturated heterocycles. The standard InChI is InChI=1S/C17H21N3/c18-17(19)20-13-12-16-10-8-15(9-11-16)7-6-14-4-2-1-3-5-14/h1-5,8-11H,6-7,12-13H2,(H4,18,19,20). The SMILES string of the molecule is N=C(N)NCCc1ccc(CCc2ccccc2)cc1. The molecule has 3 heteroatoms. The summed E-state index contributed by atoms with van der Waals surface area (Å²) in [5, 5.41) is 9.91. The number of rotatable bonds is 6. The molecule has 0 unspecified atom stereocenters. The van der Waals surface area contributed by atoms with E-state index in [1.54, 1.807) is 0 Å². The fraction of sp³-hybridized carbons (Fsp3) is 0.235. The van der Waals surface area contributed by atoms with Crippen LogP contribution in [0.4, 0.5) is 0 Å². The Labute approximate surface area is 120 Å². The Balaban J connectivity index is 1.81. The second-order valence-electron chi connectivity index (χ2n) is 4.89. The number of nitrogens with two attached hydrogens (primary N) is 1. The Kier molecular flexibility index (Phi) is 5.18. The number of guanidine groups is 1. The van der Waals surface area contributed by atoms with E-state index in [0.717, 1.165) is 19.3 Å². The Bertz CT molecular complexity index is 532. The molecule has 0 spiro atoms. The molecule has 0 aliphatic carbocycles. The maximum absolute atomic E-state index is 7.10. The van der Waals surface area contributed by atoms with Gasteiger partial charge in [0.15, 0.2) is 5.96 Å². The van der Waals surface area contributed by atoms with E-state index in [2.05, 4.69) is 53.8 Å². The van der Waals surface area contributed by atoms with Gasteiger partial charge in [-0.15, -0.1) is 0 Å². The van der Waals surface area contributed by atoms with Crippen molar-refractivity contribution < 1.29 is 0 Å². The van der Waals surface area contributed by atoms with Crippen molar-refractivity contribution in [3.63, 3.8) is 0 Å². The molecule has 104 valence electrons. The van der Waals surface area contributed by atoms with Gasteiger partial charge in [0.2, 0.25) is 0 Å². The summed E-state index contributed by atoms with van der Waals surface area (Å²) in [6, 6.07) is 19.2. The summed E-state index contributed by atoms with van der Waals surface area (Å²) in [4.78, 5) is 0. The molecule has 0 atom stereocenters. The molecule has 3 nitrogen and oxygen atoms in total. The average molecular weight is 267 g/mol. The first-order valence-corrected chi connectivity index (χ1v) is 6.93. The lowest BCUT2D eigenvalue weighted by atomic mass is 10.0. The molecule has 0 aliphatic rings. The molecule has 2 aromatic carbocycles. The molecule has 0 saturated carbocycles. The lowest BCUT2D eigenvalue weighted by Gasteiger charge is -2.06. The van der Waals surface area contributed by atoms with Gasteiger partial charge in [-0.25, -0.2) is 0 Å². The van der Waals surface area contributed by atoms with Crippen molar-refractivity contribution >= 4 is 5.96 Å². The van der Waals surface area contributed by atoms with Gasteiger partial charge in [-0.2, -0.15) is 0 Å². The van der Waals surface area contributed by atoms with E-state index in [4.69, 9.17) is 11.1 Å². The van der Waals surface area contributed by atoms with Crippen molar-refractivity contribution in [1.82, 2.24) is 5.32 Å². The predicted octanol–water partition coefficient (Wildman–Crippen LogP) is 2.50. The smallest absolute Gasteiger partial charge is 0.185 e. The summed E-state index contributed by atoms with van der Waals surface area (Å²) in [5.74, 6) is 0.0319. The van der Waals surface area contributed by atoms with Crippen LogP contribution in [0.25, 0.3) is 0 Å². The third-order valence-corrected chi connectivity index (χ3v) is 3.30. The van der Waals surface area contributed by atoms with Gasteiger partial charge >= 0.3 is 0 Å². The molecule has 0 radical (unpaired) electrons. The Morgan fingerprint density at radius 1 is 0.800 bits per heavy atom. The van der Waals surface area contributed by atoms with Gasteiger partial charge in [0.1, 0.15) is 0 Å². The maximum atomic E-state index is 7.10. The minimum absolute atomic E-state index is 0.0319. The van der Waals surface area contributed by atoms with Crippen LogP contribution in [0.3, 0.4) is 0 Å². The Morgan fingerprint density at radius 3 is 1.85 bits per heavy atom. The molecule has 0 heterocycles. The third kappa shape index (κ3) is 4.76. The summed E-state index contributed by atoms with van der Waals surface area (Å²) in [7, 11) is 0. The zero-order chi connectivity index (χ0) is 14.2.